The van der Waals surface area contributed by atoms with Crippen LogP contribution in [0.15, 0.2) is 36.7 Å². The second-order valence-corrected chi connectivity index (χ2v) is 10.9. The Hall–Kier alpha value is -1.98. The normalized spacial score (nSPS) is 23.8. The quantitative estimate of drug-likeness (QED) is 0.589. The van der Waals surface area contributed by atoms with Gasteiger partial charge in [0, 0.05) is 35.6 Å². The van der Waals surface area contributed by atoms with Crippen molar-refractivity contribution in [2.24, 2.45) is 5.41 Å². The molecule has 0 N–H and O–H groups in total. The molecule has 6 heteroatoms. The lowest BCUT2D eigenvalue weighted by atomic mass is 9.78. The lowest BCUT2D eigenvalue weighted by molar-refractivity contribution is -0.145. The van der Waals surface area contributed by atoms with Crippen molar-refractivity contribution in [1.82, 2.24) is 19.8 Å². The van der Waals surface area contributed by atoms with Crippen LogP contribution in [0.4, 0.5) is 0 Å². The maximum absolute atomic E-state index is 13.8. The zero-order valence-corrected chi connectivity index (χ0v) is 20.4. The Morgan fingerprint density at radius 3 is 2.64 bits per heavy atom. The molecular formula is C27H35ClN4O. The van der Waals surface area contributed by atoms with Gasteiger partial charge in [0.2, 0.25) is 5.91 Å². The number of carbonyl (C=O) groups excluding carboxylic acids is 1. The van der Waals surface area contributed by atoms with Gasteiger partial charge in [0.25, 0.3) is 0 Å². The molecule has 1 unspecified atom stereocenters. The highest BCUT2D eigenvalue weighted by Crippen LogP contribution is 2.40. The van der Waals surface area contributed by atoms with Crippen LogP contribution < -0.4 is 0 Å². The molecule has 0 bridgehead atoms. The first-order valence-electron chi connectivity index (χ1n) is 12.6. The summed E-state index contributed by atoms with van der Waals surface area (Å²) in [7, 11) is 0. The lowest BCUT2D eigenvalue weighted by Crippen LogP contribution is -2.50. The van der Waals surface area contributed by atoms with Crippen LogP contribution in [0.5, 0.6) is 0 Å². The van der Waals surface area contributed by atoms with Crippen LogP contribution in [-0.4, -0.2) is 51.4 Å². The first-order chi connectivity index (χ1) is 16.0. The molecule has 1 amide bonds. The zero-order chi connectivity index (χ0) is 22.8. The molecule has 0 radical (unpaired) electrons. The number of hydrogen-bond acceptors (Lipinski definition) is 4. The number of likely N-dealkylation sites (tertiary alicyclic amines) is 2. The molecule has 3 fully saturated rings. The molecule has 1 saturated carbocycles. The van der Waals surface area contributed by atoms with Gasteiger partial charge in [-0.25, -0.2) is 0 Å². The summed E-state index contributed by atoms with van der Waals surface area (Å²) in [5, 5.41) is 0.733. The summed E-state index contributed by atoms with van der Waals surface area (Å²) in [4.78, 5) is 28.0. The van der Waals surface area contributed by atoms with Crippen LogP contribution in [0.1, 0.15) is 81.3 Å². The Labute approximate surface area is 202 Å². The van der Waals surface area contributed by atoms with Crippen molar-refractivity contribution < 1.29 is 4.79 Å². The minimum atomic E-state index is -0.260. The number of aromatic nitrogens is 2. The molecule has 1 aromatic carbocycles. The van der Waals surface area contributed by atoms with Gasteiger partial charge in [0.1, 0.15) is 0 Å². The van der Waals surface area contributed by atoms with E-state index in [2.05, 4.69) is 27.8 Å². The van der Waals surface area contributed by atoms with Crippen LogP contribution in [0.2, 0.25) is 5.02 Å². The third-order valence-corrected chi connectivity index (χ3v) is 8.33. The molecule has 5 nitrogen and oxygen atoms in total. The van der Waals surface area contributed by atoms with Crippen molar-refractivity contribution in [2.45, 2.75) is 76.8 Å². The third kappa shape index (κ3) is 4.95. The summed E-state index contributed by atoms with van der Waals surface area (Å²) < 4.78 is 0. The van der Waals surface area contributed by atoms with E-state index in [1.165, 1.54) is 25.7 Å². The van der Waals surface area contributed by atoms with Crippen molar-refractivity contribution in [3.8, 4) is 0 Å². The fraction of sp³-hybridized carbons (Fsp3) is 0.593. The minimum Gasteiger partial charge on any atom is -0.334 e. The first kappa shape index (κ1) is 22.8. The number of halogens is 1. The predicted molar refractivity (Wildman–Crippen MR) is 131 cm³/mol. The van der Waals surface area contributed by atoms with E-state index >= 15 is 0 Å². The van der Waals surface area contributed by atoms with E-state index in [0.717, 1.165) is 73.3 Å². The molecule has 1 aliphatic carbocycles. The van der Waals surface area contributed by atoms with Gasteiger partial charge in [-0.15, -0.1) is 0 Å². The van der Waals surface area contributed by atoms with Crippen LogP contribution in [0.3, 0.4) is 0 Å². The highest BCUT2D eigenvalue weighted by atomic mass is 35.5. The predicted octanol–water partition coefficient (Wildman–Crippen LogP) is 5.43. The number of benzene rings is 1. The van der Waals surface area contributed by atoms with Crippen molar-refractivity contribution in [3.63, 3.8) is 0 Å². The number of carbonyl (C=O) groups is 1. The van der Waals surface area contributed by atoms with Crippen LogP contribution in [-0.2, 0) is 11.2 Å². The van der Waals surface area contributed by atoms with Crippen LogP contribution in [0.25, 0.3) is 0 Å². The van der Waals surface area contributed by atoms with Gasteiger partial charge in [-0.05, 0) is 69.3 Å². The van der Waals surface area contributed by atoms with Gasteiger partial charge in [0.05, 0.1) is 23.6 Å². The minimum absolute atomic E-state index is 0.0361. The smallest absolute Gasteiger partial charge is 0.229 e. The molecular weight excluding hydrogens is 432 g/mol. The molecule has 33 heavy (non-hydrogen) atoms. The molecule has 176 valence electrons. The Kier molecular flexibility index (Phi) is 6.71. The average molecular weight is 467 g/mol. The van der Waals surface area contributed by atoms with E-state index < -0.39 is 0 Å². The zero-order valence-electron chi connectivity index (χ0n) is 19.7. The van der Waals surface area contributed by atoms with Crippen molar-refractivity contribution in [3.05, 3.63) is 58.6 Å². The molecule has 2 aromatic rings. The standard InChI is InChI=1S/C27H35ClN4O/c1-27(11-14-31(15-12-27)23-8-2-3-9-23)26(33)32-13-5-10-25(32)24-19-29-18-22(30-24)17-20-6-4-7-21(28)16-20/h4,6-7,16,18-19,23,25H,2-3,5,8-15,17H2,1H3. The highest BCUT2D eigenvalue weighted by molar-refractivity contribution is 6.30. The summed E-state index contributed by atoms with van der Waals surface area (Å²) in [5.41, 5.74) is 2.70. The van der Waals surface area contributed by atoms with Gasteiger partial charge in [-0.3, -0.25) is 14.8 Å². The Balaban J connectivity index is 1.27. The fourth-order valence-electron chi connectivity index (χ4n) is 6.05. The van der Waals surface area contributed by atoms with E-state index in [1.54, 1.807) is 0 Å². The number of rotatable bonds is 5. The molecule has 0 spiro atoms. The van der Waals surface area contributed by atoms with Crippen LogP contribution in [0, 0.1) is 5.41 Å². The van der Waals surface area contributed by atoms with Crippen molar-refractivity contribution in [2.75, 3.05) is 19.6 Å². The van der Waals surface area contributed by atoms with Gasteiger partial charge in [-0.2, -0.15) is 0 Å². The Bertz CT molecular complexity index is 982. The summed E-state index contributed by atoms with van der Waals surface area (Å²) in [6, 6.07) is 8.67. The lowest BCUT2D eigenvalue weighted by Gasteiger charge is -2.43. The SMILES string of the molecule is CC1(C(=O)N2CCCC2c2cncc(Cc3cccc(Cl)c3)n2)CCN(C2CCCC2)CC1. The van der Waals surface area contributed by atoms with E-state index in [0.29, 0.717) is 12.3 Å². The Morgan fingerprint density at radius 1 is 1.09 bits per heavy atom. The Morgan fingerprint density at radius 2 is 1.88 bits per heavy atom. The van der Waals surface area contributed by atoms with E-state index in [9.17, 15) is 4.79 Å². The fourth-order valence-corrected chi connectivity index (χ4v) is 6.27. The topological polar surface area (TPSA) is 49.3 Å². The highest BCUT2D eigenvalue weighted by Gasteiger charge is 2.44. The number of hydrogen-bond donors (Lipinski definition) is 0. The van der Waals surface area contributed by atoms with E-state index in [4.69, 9.17) is 16.6 Å². The first-order valence-corrected chi connectivity index (χ1v) is 13.0. The summed E-state index contributed by atoms with van der Waals surface area (Å²) in [6.45, 7) is 5.13. The summed E-state index contributed by atoms with van der Waals surface area (Å²) in [5.74, 6) is 0.318. The average Bonchev–Trinajstić information content (AvgIpc) is 3.52. The van der Waals surface area contributed by atoms with Crippen molar-refractivity contribution >= 4 is 17.5 Å². The largest absolute Gasteiger partial charge is 0.334 e. The molecule has 5 rings (SSSR count). The second kappa shape index (κ2) is 9.71. The number of piperidine rings is 1. The number of nitrogens with zero attached hydrogens (tertiary/aromatic N) is 4. The van der Waals surface area contributed by atoms with Gasteiger partial charge >= 0.3 is 0 Å². The molecule has 1 aromatic heterocycles. The maximum Gasteiger partial charge on any atom is 0.229 e. The van der Waals surface area contributed by atoms with Gasteiger partial charge < -0.3 is 9.80 Å². The van der Waals surface area contributed by atoms with Crippen molar-refractivity contribution in [1.29, 1.82) is 0 Å². The molecule has 3 heterocycles. The van der Waals surface area contributed by atoms with Crippen LogP contribution >= 0.6 is 11.6 Å². The van der Waals surface area contributed by atoms with Gasteiger partial charge in [0.15, 0.2) is 0 Å². The molecule has 2 saturated heterocycles. The number of amides is 1. The van der Waals surface area contributed by atoms with E-state index in [-0.39, 0.29) is 11.5 Å². The monoisotopic (exact) mass is 466 g/mol. The maximum atomic E-state index is 13.8. The van der Waals surface area contributed by atoms with E-state index in [1.807, 2.05) is 30.6 Å². The molecule has 3 aliphatic rings. The summed E-state index contributed by atoms with van der Waals surface area (Å²) >= 11 is 6.15. The second-order valence-electron chi connectivity index (χ2n) is 10.4. The third-order valence-electron chi connectivity index (χ3n) is 8.09. The summed E-state index contributed by atoms with van der Waals surface area (Å²) in [6.07, 6.45) is 13.7. The molecule has 2 aliphatic heterocycles. The molecule has 1 atom stereocenters. The van der Waals surface area contributed by atoms with Gasteiger partial charge in [-0.1, -0.05) is 43.5 Å².